The van der Waals surface area contributed by atoms with E-state index in [1.165, 1.54) is 0 Å². The summed E-state index contributed by atoms with van der Waals surface area (Å²) in [5.74, 6) is 1.06. The molecule has 6 heteroatoms. The maximum absolute atomic E-state index is 12.5. The number of carbonyl (C=O) groups is 1. The van der Waals surface area contributed by atoms with Crippen LogP contribution in [0.5, 0.6) is 11.5 Å². The fraction of sp³-hybridized carbons (Fsp3) is 0.200. The van der Waals surface area contributed by atoms with E-state index in [4.69, 9.17) is 9.47 Å². The Hall–Kier alpha value is -3.28. The lowest BCUT2D eigenvalue weighted by atomic mass is 10.1. The van der Waals surface area contributed by atoms with Crippen molar-refractivity contribution in [3.8, 4) is 22.8 Å². The molecule has 1 aromatic heterocycles. The lowest BCUT2D eigenvalue weighted by molar-refractivity contribution is 0.102. The molecule has 0 aliphatic carbocycles. The first-order valence-electron chi connectivity index (χ1n) is 8.18. The van der Waals surface area contributed by atoms with E-state index >= 15 is 0 Å². The second-order valence-corrected chi connectivity index (χ2v) is 6.01. The van der Waals surface area contributed by atoms with E-state index in [1.54, 1.807) is 26.4 Å². The number of rotatable bonds is 5. The van der Waals surface area contributed by atoms with Crippen molar-refractivity contribution in [2.45, 2.75) is 13.8 Å². The number of H-pyrrole nitrogens is 1. The molecule has 0 saturated heterocycles. The number of aromatic nitrogens is 2. The third-order valence-electron chi connectivity index (χ3n) is 4.14. The number of nitrogens with one attached hydrogen (secondary N) is 2. The number of nitrogens with zero attached hydrogens (tertiary/aromatic N) is 1. The zero-order valence-electron chi connectivity index (χ0n) is 15.2. The Morgan fingerprint density at radius 1 is 1.04 bits per heavy atom. The van der Waals surface area contributed by atoms with Crippen LogP contribution in [0.15, 0.2) is 42.5 Å². The number of benzene rings is 2. The van der Waals surface area contributed by atoms with Gasteiger partial charge in [0.1, 0.15) is 17.2 Å². The molecule has 2 N–H and O–H groups in total. The molecule has 0 bridgehead atoms. The molecule has 6 nitrogen and oxygen atoms in total. The summed E-state index contributed by atoms with van der Waals surface area (Å²) in [7, 11) is 3.18. The molecule has 0 fully saturated rings. The first-order valence-corrected chi connectivity index (χ1v) is 8.18. The number of aromatic amines is 1. The zero-order chi connectivity index (χ0) is 18.7. The summed E-state index contributed by atoms with van der Waals surface area (Å²) in [4.78, 5) is 12.5. The second-order valence-electron chi connectivity index (χ2n) is 6.01. The van der Waals surface area contributed by atoms with E-state index < -0.39 is 0 Å². The number of ether oxygens (including phenoxy) is 2. The maximum atomic E-state index is 12.5. The number of anilines is 1. The van der Waals surface area contributed by atoms with E-state index in [9.17, 15) is 4.79 Å². The summed E-state index contributed by atoms with van der Waals surface area (Å²) in [5, 5.41) is 9.93. The predicted octanol–water partition coefficient (Wildman–Crippen LogP) is 3.96. The molecule has 0 aliphatic rings. The van der Waals surface area contributed by atoms with E-state index in [0.29, 0.717) is 22.9 Å². The van der Waals surface area contributed by atoms with Crippen LogP contribution in [0.3, 0.4) is 0 Å². The van der Waals surface area contributed by atoms with Crippen molar-refractivity contribution in [1.29, 1.82) is 0 Å². The normalized spacial score (nSPS) is 10.5. The zero-order valence-corrected chi connectivity index (χ0v) is 15.2. The molecule has 0 radical (unpaired) electrons. The van der Waals surface area contributed by atoms with E-state index in [-0.39, 0.29) is 5.91 Å². The molecule has 2 aromatic carbocycles. The molecule has 0 spiro atoms. The van der Waals surface area contributed by atoms with Crippen LogP contribution >= 0.6 is 0 Å². The molecular formula is C20H21N3O3. The number of amides is 1. The summed E-state index contributed by atoms with van der Waals surface area (Å²) in [6.07, 6.45) is 0. The molecule has 3 aromatic rings. The molecule has 1 heterocycles. The van der Waals surface area contributed by atoms with Gasteiger partial charge in [-0.1, -0.05) is 17.7 Å². The van der Waals surface area contributed by atoms with Crippen molar-refractivity contribution in [1.82, 2.24) is 10.2 Å². The Kier molecular flexibility index (Phi) is 4.93. The average Bonchev–Trinajstić information content (AvgIpc) is 3.13. The lowest BCUT2D eigenvalue weighted by Gasteiger charge is -2.08. The van der Waals surface area contributed by atoms with Crippen LogP contribution in [-0.2, 0) is 0 Å². The Morgan fingerprint density at radius 2 is 1.85 bits per heavy atom. The fourth-order valence-electron chi connectivity index (χ4n) is 2.73. The molecule has 3 rings (SSSR count). The van der Waals surface area contributed by atoms with Crippen molar-refractivity contribution in [2.75, 3.05) is 19.5 Å². The summed E-state index contributed by atoms with van der Waals surface area (Å²) in [5.41, 5.74) is 4.70. The Labute approximate surface area is 152 Å². The monoisotopic (exact) mass is 351 g/mol. The number of hydrogen-bond acceptors (Lipinski definition) is 4. The van der Waals surface area contributed by atoms with Crippen molar-refractivity contribution < 1.29 is 14.3 Å². The largest absolute Gasteiger partial charge is 0.497 e. The molecule has 1 amide bonds. The molecule has 0 unspecified atom stereocenters. The number of carbonyl (C=O) groups excluding carboxylic acids is 1. The highest BCUT2D eigenvalue weighted by Gasteiger charge is 2.15. The van der Waals surface area contributed by atoms with Crippen LogP contribution in [0.25, 0.3) is 11.3 Å². The molecule has 134 valence electrons. The van der Waals surface area contributed by atoms with Crippen molar-refractivity contribution in [2.24, 2.45) is 0 Å². The Morgan fingerprint density at radius 3 is 2.54 bits per heavy atom. The summed E-state index contributed by atoms with van der Waals surface area (Å²) >= 11 is 0. The minimum Gasteiger partial charge on any atom is -0.497 e. The van der Waals surface area contributed by atoms with Crippen LogP contribution < -0.4 is 14.8 Å². The van der Waals surface area contributed by atoms with Gasteiger partial charge in [-0.2, -0.15) is 5.10 Å². The third kappa shape index (κ3) is 3.54. The molecule has 0 atom stereocenters. The van der Waals surface area contributed by atoms with Crippen LogP contribution in [0.4, 0.5) is 5.69 Å². The van der Waals surface area contributed by atoms with Crippen LogP contribution in [-0.4, -0.2) is 30.3 Å². The van der Waals surface area contributed by atoms with E-state index in [0.717, 1.165) is 22.4 Å². The Balaban J connectivity index is 1.84. The minimum atomic E-state index is -0.247. The van der Waals surface area contributed by atoms with Gasteiger partial charge in [-0.15, -0.1) is 0 Å². The molecule has 0 saturated carbocycles. The van der Waals surface area contributed by atoms with Gasteiger partial charge in [0.15, 0.2) is 0 Å². The summed E-state index contributed by atoms with van der Waals surface area (Å²) in [6.45, 7) is 3.98. The summed E-state index contributed by atoms with van der Waals surface area (Å²) < 4.78 is 10.6. The highest BCUT2D eigenvalue weighted by Crippen LogP contribution is 2.32. The maximum Gasteiger partial charge on any atom is 0.273 e. The third-order valence-corrected chi connectivity index (χ3v) is 4.14. The van der Waals surface area contributed by atoms with Gasteiger partial charge in [0, 0.05) is 17.3 Å². The van der Waals surface area contributed by atoms with Gasteiger partial charge in [0.05, 0.1) is 19.9 Å². The first-order chi connectivity index (χ1) is 12.5. The fourth-order valence-corrected chi connectivity index (χ4v) is 2.73. The smallest absolute Gasteiger partial charge is 0.273 e. The topological polar surface area (TPSA) is 76.2 Å². The quantitative estimate of drug-likeness (QED) is 0.729. The standard InChI is InChI=1S/C20H21N3O3/c1-12-5-8-16(13(2)9-12)21-20(24)18-11-17(22-23-18)15-7-6-14(25-3)10-19(15)26-4/h5-11H,1-4H3,(H,21,24)(H,22,23). The average molecular weight is 351 g/mol. The molecule has 0 aliphatic heterocycles. The minimum absolute atomic E-state index is 0.247. The van der Waals surface area contributed by atoms with Crippen LogP contribution in [0.1, 0.15) is 21.6 Å². The first kappa shape index (κ1) is 17.5. The Bertz CT molecular complexity index is 947. The van der Waals surface area contributed by atoms with Crippen molar-refractivity contribution in [3.63, 3.8) is 0 Å². The number of methoxy groups -OCH3 is 2. The van der Waals surface area contributed by atoms with Gasteiger partial charge in [-0.25, -0.2) is 0 Å². The molecular weight excluding hydrogens is 330 g/mol. The van der Waals surface area contributed by atoms with Gasteiger partial charge >= 0.3 is 0 Å². The number of hydrogen-bond donors (Lipinski definition) is 2. The second kappa shape index (κ2) is 7.31. The highest BCUT2D eigenvalue weighted by atomic mass is 16.5. The van der Waals surface area contributed by atoms with Gasteiger partial charge in [0.2, 0.25) is 0 Å². The highest BCUT2D eigenvalue weighted by molar-refractivity contribution is 6.03. The van der Waals surface area contributed by atoms with Crippen LogP contribution in [0.2, 0.25) is 0 Å². The SMILES string of the molecule is COc1ccc(-c2cc(C(=O)Nc3ccc(C)cc3C)[nH]n2)c(OC)c1. The van der Waals surface area contributed by atoms with Gasteiger partial charge in [-0.3, -0.25) is 9.89 Å². The predicted molar refractivity (Wildman–Crippen MR) is 101 cm³/mol. The van der Waals surface area contributed by atoms with E-state index in [1.807, 2.05) is 44.2 Å². The van der Waals surface area contributed by atoms with Crippen LogP contribution in [0, 0.1) is 13.8 Å². The lowest BCUT2D eigenvalue weighted by Crippen LogP contribution is -2.13. The van der Waals surface area contributed by atoms with Gasteiger partial charge in [0.25, 0.3) is 5.91 Å². The van der Waals surface area contributed by atoms with Crippen molar-refractivity contribution in [3.05, 3.63) is 59.3 Å². The molecule has 26 heavy (non-hydrogen) atoms. The number of aryl methyl sites for hydroxylation is 2. The summed E-state index contributed by atoms with van der Waals surface area (Å²) in [6, 6.07) is 13.0. The van der Waals surface area contributed by atoms with Gasteiger partial charge in [-0.05, 0) is 43.7 Å². The van der Waals surface area contributed by atoms with E-state index in [2.05, 4.69) is 15.5 Å². The van der Waals surface area contributed by atoms with Gasteiger partial charge < -0.3 is 14.8 Å². The van der Waals surface area contributed by atoms with Crippen molar-refractivity contribution >= 4 is 11.6 Å².